The number of fused-ring (bicyclic) bond motifs is 2. The van der Waals surface area contributed by atoms with Crippen LogP contribution in [0.2, 0.25) is 10.0 Å². The van der Waals surface area contributed by atoms with E-state index in [9.17, 15) is 14.7 Å². The first-order valence-electron chi connectivity index (χ1n) is 17.9. The van der Waals surface area contributed by atoms with Crippen molar-refractivity contribution in [3.63, 3.8) is 0 Å². The lowest BCUT2D eigenvalue weighted by atomic mass is 9.96. The Morgan fingerprint density at radius 3 is 2.51 bits per heavy atom. The van der Waals surface area contributed by atoms with Gasteiger partial charge in [0.15, 0.2) is 11.6 Å². The third-order valence-corrected chi connectivity index (χ3v) is 11.2. The van der Waals surface area contributed by atoms with Gasteiger partial charge in [0.1, 0.15) is 22.6 Å². The van der Waals surface area contributed by atoms with Crippen molar-refractivity contribution in [2.45, 2.75) is 51.4 Å². The number of carboxylic acids is 1. The molecule has 0 spiro atoms. The number of aliphatic hydroxyl groups excluding tert-OH is 1. The maximum absolute atomic E-state index is 15.8. The first kappa shape index (κ1) is 38.1. The number of carbonyl (C=O) groups excluding carboxylic acids is 1. The molecule has 0 bridgehead atoms. The topological polar surface area (TPSA) is 138 Å². The zero-order valence-corrected chi connectivity index (χ0v) is 32.0. The summed E-state index contributed by atoms with van der Waals surface area (Å²) in [6.07, 6.45) is 1.56. The Kier molecular flexibility index (Phi) is 11.0. The predicted octanol–water partition coefficient (Wildman–Crippen LogP) is 7.91. The van der Waals surface area contributed by atoms with Crippen molar-refractivity contribution < 1.29 is 33.7 Å². The lowest BCUT2D eigenvalue weighted by molar-refractivity contribution is 0.0696. The average molecular weight is 789 g/mol. The molecule has 1 aromatic heterocycles. The summed E-state index contributed by atoms with van der Waals surface area (Å²) in [5, 5.41) is 25.0. The van der Waals surface area contributed by atoms with Gasteiger partial charge in [0.2, 0.25) is 0 Å². The first-order valence-corrected chi connectivity index (χ1v) is 18.6. The maximum atomic E-state index is 15.8. The monoisotopic (exact) mass is 787 g/mol. The number of halogens is 3. The second-order valence-electron chi connectivity index (χ2n) is 13.7. The van der Waals surface area contributed by atoms with Gasteiger partial charge in [-0.05, 0) is 66.8 Å². The Hall–Kier alpha value is -5.14. The highest BCUT2D eigenvalue weighted by atomic mass is 35.5. The summed E-state index contributed by atoms with van der Waals surface area (Å²) >= 11 is 13.6. The number of rotatable bonds is 12. The number of aromatic nitrogens is 2. The fourth-order valence-electron chi connectivity index (χ4n) is 7.37. The number of anilines is 2. The number of nitrogens with one attached hydrogen (secondary N) is 2. The number of aromatic carboxylic acids is 1. The molecule has 0 saturated heterocycles. The van der Waals surface area contributed by atoms with Crippen LogP contribution in [0.15, 0.2) is 66.7 Å². The van der Waals surface area contributed by atoms with Crippen LogP contribution >= 0.6 is 23.2 Å². The number of nitrogens with zero attached hydrogens (tertiary/aromatic N) is 3. The van der Waals surface area contributed by atoms with Crippen LogP contribution in [-0.2, 0) is 33.0 Å². The maximum Gasteiger partial charge on any atom is 0.335 e. The van der Waals surface area contributed by atoms with E-state index >= 15 is 4.39 Å². The molecule has 2 heterocycles. The van der Waals surface area contributed by atoms with Crippen LogP contribution in [0.1, 0.15) is 68.5 Å². The van der Waals surface area contributed by atoms with Gasteiger partial charge in [-0.2, -0.15) is 0 Å². The number of benzene rings is 4. The fourth-order valence-corrected chi connectivity index (χ4v) is 7.86. The summed E-state index contributed by atoms with van der Waals surface area (Å²) in [5.41, 5.74) is 6.78. The number of hydrogen-bond donors (Lipinski definition) is 4. The van der Waals surface area contributed by atoms with E-state index in [1.54, 1.807) is 24.3 Å². The molecule has 2 aliphatic rings. The summed E-state index contributed by atoms with van der Waals surface area (Å²) in [6, 6.07) is 19.0. The number of carbonyl (C=O) groups is 2. The smallest absolute Gasteiger partial charge is 0.335 e. The minimum Gasteiger partial charge on any atom is -0.496 e. The molecule has 4 N–H and O–H groups in total. The van der Waals surface area contributed by atoms with E-state index in [1.165, 1.54) is 19.2 Å². The molecule has 7 rings (SSSR count). The van der Waals surface area contributed by atoms with Crippen molar-refractivity contribution in [1.29, 1.82) is 0 Å². The summed E-state index contributed by atoms with van der Waals surface area (Å²) < 4.78 is 29.5. The molecule has 55 heavy (non-hydrogen) atoms. The van der Waals surface area contributed by atoms with Crippen molar-refractivity contribution in [2.75, 3.05) is 30.9 Å². The van der Waals surface area contributed by atoms with Gasteiger partial charge in [0, 0.05) is 62.2 Å². The van der Waals surface area contributed by atoms with E-state index in [0.717, 1.165) is 46.6 Å². The number of carboxylic acid groups (broad SMARTS) is 1. The van der Waals surface area contributed by atoms with Crippen LogP contribution in [0, 0.1) is 5.82 Å². The molecular formula is C41H40Cl2FN5O6. The lowest BCUT2D eigenvalue weighted by Crippen LogP contribution is -2.39. The van der Waals surface area contributed by atoms with Crippen LogP contribution < -0.4 is 20.1 Å². The zero-order valence-electron chi connectivity index (χ0n) is 30.5. The average Bonchev–Trinajstić information content (AvgIpc) is 3.76. The van der Waals surface area contributed by atoms with Crippen LogP contribution in [0.25, 0.3) is 11.1 Å². The normalized spacial score (nSPS) is 15.6. The van der Waals surface area contributed by atoms with Gasteiger partial charge in [0.25, 0.3) is 5.91 Å². The molecule has 286 valence electrons. The molecule has 11 nitrogen and oxygen atoms in total. The second kappa shape index (κ2) is 15.9. The number of aliphatic hydroxyl groups is 1. The number of imidazole rings is 1. The van der Waals surface area contributed by atoms with E-state index in [-0.39, 0.29) is 58.6 Å². The Morgan fingerprint density at radius 2 is 1.78 bits per heavy atom. The Labute approximate surface area is 327 Å². The zero-order chi connectivity index (χ0) is 39.0. The highest BCUT2D eigenvalue weighted by Crippen LogP contribution is 2.45. The molecule has 0 fully saturated rings. The molecule has 4 aromatic carbocycles. The van der Waals surface area contributed by atoms with E-state index in [2.05, 4.69) is 20.5 Å². The number of hydrogen-bond acceptors (Lipinski definition) is 8. The Bertz CT molecular complexity index is 2280. The van der Waals surface area contributed by atoms with Gasteiger partial charge in [-0.15, -0.1) is 0 Å². The lowest BCUT2D eigenvalue weighted by Gasteiger charge is -2.30. The highest BCUT2D eigenvalue weighted by molar-refractivity contribution is 6.36. The summed E-state index contributed by atoms with van der Waals surface area (Å²) in [4.78, 5) is 31.6. The van der Waals surface area contributed by atoms with Crippen LogP contribution in [0.4, 0.5) is 15.8 Å². The third-order valence-electron chi connectivity index (χ3n) is 10.5. The van der Waals surface area contributed by atoms with Gasteiger partial charge < -0.3 is 34.9 Å². The first-order chi connectivity index (χ1) is 26.5. The molecule has 14 heteroatoms. The third kappa shape index (κ3) is 7.47. The molecule has 1 aliphatic heterocycles. The van der Waals surface area contributed by atoms with Crippen molar-refractivity contribution in [2.24, 2.45) is 7.05 Å². The van der Waals surface area contributed by atoms with Crippen molar-refractivity contribution in [3.8, 4) is 22.6 Å². The van der Waals surface area contributed by atoms with E-state index in [1.807, 2.05) is 48.9 Å². The highest BCUT2D eigenvalue weighted by Gasteiger charge is 2.31. The van der Waals surface area contributed by atoms with Crippen LogP contribution in [0.5, 0.6) is 11.5 Å². The van der Waals surface area contributed by atoms with Gasteiger partial charge in [-0.1, -0.05) is 53.5 Å². The number of ether oxygens (including phenoxy) is 2. The summed E-state index contributed by atoms with van der Waals surface area (Å²) in [6.45, 7) is 3.38. The summed E-state index contributed by atoms with van der Waals surface area (Å²) in [5.74, 6) is -1.43. The minimum atomic E-state index is -1.04. The van der Waals surface area contributed by atoms with Gasteiger partial charge in [-0.25, -0.2) is 14.2 Å². The van der Waals surface area contributed by atoms with E-state index < -0.39 is 17.9 Å². The van der Waals surface area contributed by atoms with E-state index in [0.29, 0.717) is 35.8 Å². The summed E-state index contributed by atoms with van der Waals surface area (Å²) in [7, 11) is 3.28. The van der Waals surface area contributed by atoms with E-state index in [4.69, 9.17) is 37.8 Å². The van der Waals surface area contributed by atoms with Crippen LogP contribution in [-0.4, -0.2) is 62.8 Å². The molecule has 2 atom stereocenters. The molecule has 5 aromatic rings. The molecular weight excluding hydrogens is 748 g/mol. The van der Waals surface area contributed by atoms with Gasteiger partial charge >= 0.3 is 5.97 Å². The van der Waals surface area contributed by atoms with Gasteiger partial charge in [0.05, 0.1) is 41.2 Å². The molecule has 0 radical (unpaired) electrons. The largest absolute Gasteiger partial charge is 0.496 e. The quantitative estimate of drug-likeness (QED) is 0.0994. The van der Waals surface area contributed by atoms with Crippen molar-refractivity contribution in [3.05, 3.63) is 122 Å². The Balaban J connectivity index is 1.09. The second-order valence-corrected chi connectivity index (χ2v) is 14.5. The molecule has 0 saturated carbocycles. The predicted molar refractivity (Wildman–Crippen MR) is 209 cm³/mol. The van der Waals surface area contributed by atoms with Gasteiger partial charge in [-0.3, -0.25) is 9.69 Å². The number of amides is 1. The molecule has 1 aliphatic carbocycles. The minimum absolute atomic E-state index is 0.0000464. The van der Waals surface area contributed by atoms with Crippen molar-refractivity contribution >= 4 is 46.5 Å². The Morgan fingerprint density at radius 1 is 1.04 bits per heavy atom. The molecule has 2 unspecified atom stereocenters. The fraction of sp³-hybridized carbons (Fsp3) is 0.293. The standard InChI is InChI=1S/C41H40Cl2FN5O6/c1-22(21-50)49-17-16-32-31(20-49)46-39(48(32)2)40(51)47-30-9-5-8-28(36(30)42)25-6-4-7-27-26(25)14-15-33(27)55-35-18-34(54-3)29(38(44)37(35)43)19-45-24-12-10-23(11-13-24)41(52)53/h4-13,18,22,33,45,50H,14-17,19-21H2,1-3H3,(H,47,51)(H,52,53). The van der Waals surface area contributed by atoms with Crippen LogP contribution in [0.3, 0.4) is 0 Å². The van der Waals surface area contributed by atoms with Crippen molar-refractivity contribution in [1.82, 2.24) is 14.5 Å². The molecule has 1 amide bonds. The SMILES string of the molecule is COc1cc(OC2CCc3c(-c4cccc(NC(=O)c5nc6c(n5C)CCN(C(C)CO)C6)c4Cl)cccc32)c(Cl)c(F)c1CNc1ccc(C(=O)O)cc1. The number of methoxy groups -OCH3 is 1.